The van der Waals surface area contributed by atoms with Crippen LogP contribution in [0.25, 0.3) is 0 Å². The summed E-state index contributed by atoms with van der Waals surface area (Å²) in [5.74, 6) is -0.483. The lowest BCUT2D eigenvalue weighted by Gasteiger charge is -2.08. The average molecular weight is 202 g/mol. The lowest BCUT2D eigenvalue weighted by molar-refractivity contribution is 0.117. The van der Waals surface area contributed by atoms with Crippen molar-refractivity contribution in [1.29, 1.82) is 0 Å². The molecular weight excluding hydrogens is 193 g/mol. The van der Waals surface area contributed by atoms with Crippen molar-refractivity contribution in [3.63, 3.8) is 0 Å². The van der Waals surface area contributed by atoms with Gasteiger partial charge < -0.3 is 0 Å². The SMILES string of the molecule is [O]C(c1ccccn1)c1ccccc1F. The normalized spacial score (nSPS) is 12.4. The van der Waals surface area contributed by atoms with E-state index < -0.39 is 11.9 Å². The van der Waals surface area contributed by atoms with Crippen LogP contribution in [0.3, 0.4) is 0 Å². The highest BCUT2D eigenvalue weighted by atomic mass is 19.1. The van der Waals surface area contributed by atoms with Crippen LogP contribution < -0.4 is 0 Å². The summed E-state index contributed by atoms with van der Waals surface area (Å²) in [6, 6.07) is 11.0. The van der Waals surface area contributed by atoms with Crippen molar-refractivity contribution in [3.8, 4) is 0 Å². The fraction of sp³-hybridized carbons (Fsp3) is 0.0833. The molecule has 0 N–H and O–H groups in total. The zero-order chi connectivity index (χ0) is 10.7. The third-order valence-electron chi connectivity index (χ3n) is 2.14. The number of benzene rings is 1. The van der Waals surface area contributed by atoms with Gasteiger partial charge in [0.25, 0.3) is 0 Å². The minimum absolute atomic E-state index is 0.135. The fourth-order valence-electron chi connectivity index (χ4n) is 1.38. The molecule has 0 aliphatic rings. The van der Waals surface area contributed by atoms with Crippen LogP contribution in [0.2, 0.25) is 0 Å². The molecule has 0 bridgehead atoms. The minimum Gasteiger partial charge on any atom is -0.258 e. The second-order valence-electron chi connectivity index (χ2n) is 3.16. The van der Waals surface area contributed by atoms with Gasteiger partial charge in [-0.05, 0) is 18.2 Å². The second kappa shape index (κ2) is 4.19. The van der Waals surface area contributed by atoms with E-state index in [9.17, 15) is 9.50 Å². The summed E-state index contributed by atoms with van der Waals surface area (Å²) < 4.78 is 13.3. The van der Waals surface area contributed by atoms with E-state index in [1.54, 1.807) is 30.3 Å². The van der Waals surface area contributed by atoms with Crippen LogP contribution >= 0.6 is 0 Å². The molecule has 0 fully saturated rings. The number of rotatable bonds is 2. The molecule has 15 heavy (non-hydrogen) atoms. The van der Waals surface area contributed by atoms with Crippen LogP contribution in [0, 0.1) is 5.82 Å². The maximum atomic E-state index is 13.3. The summed E-state index contributed by atoms with van der Waals surface area (Å²) in [4.78, 5) is 3.92. The minimum atomic E-state index is -1.26. The van der Waals surface area contributed by atoms with E-state index in [0.717, 1.165) is 0 Å². The van der Waals surface area contributed by atoms with Crippen LogP contribution in [0.4, 0.5) is 4.39 Å². The van der Waals surface area contributed by atoms with E-state index >= 15 is 0 Å². The van der Waals surface area contributed by atoms with Crippen LogP contribution in [0.1, 0.15) is 17.4 Å². The molecule has 0 saturated carbocycles. The topological polar surface area (TPSA) is 32.8 Å². The van der Waals surface area contributed by atoms with E-state index in [4.69, 9.17) is 0 Å². The predicted molar refractivity (Wildman–Crippen MR) is 53.2 cm³/mol. The number of hydrogen-bond acceptors (Lipinski definition) is 1. The van der Waals surface area contributed by atoms with Gasteiger partial charge in [0.05, 0.1) is 5.69 Å². The van der Waals surface area contributed by atoms with Crippen molar-refractivity contribution >= 4 is 0 Å². The van der Waals surface area contributed by atoms with Gasteiger partial charge in [0.15, 0.2) is 6.10 Å². The van der Waals surface area contributed by atoms with Crippen molar-refractivity contribution in [1.82, 2.24) is 4.98 Å². The first-order chi connectivity index (χ1) is 7.29. The van der Waals surface area contributed by atoms with Gasteiger partial charge in [0.2, 0.25) is 0 Å². The summed E-state index contributed by atoms with van der Waals surface area (Å²) in [6.07, 6.45) is 0.272. The van der Waals surface area contributed by atoms with Crippen molar-refractivity contribution in [2.24, 2.45) is 0 Å². The Hall–Kier alpha value is -1.74. The summed E-state index contributed by atoms with van der Waals surface area (Å²) in [6.45, 7) is 0. The largest absolute Gasteiger partial charge is 0.258 e. The first kappa shape index (κ1) is 9.80. The molecule has 2 nitrogen and oxygen atoms in total. The van der Waals surface area contributed by atoms with Crippen LogP contribution in [-0.4, -0.2) is 4.98 Å². The fourth-order valence-corrected chi connectivity index (χ4v) is 1.38. The van der Waals surface area contributed by atoms with E-state index in [1.807, 2.05) is 0 Å². The Labute approximate surface area is 87.0 Å². The highest BCUT2D eigenvalue weighted by molar-refractivity contribution is 5.26. The van der Waals surface area contributed by atoms with E-state index in [0.29, 0.717) is 5.69 Å². The molecule has 2 rings (SSSR count). The molecule has 0 aliphatic carbocycles. The summed E-state index contributed by atoms with van der Waals surface area (Å²) in [5, 5.41) is 11.8. The molecule has 1 radical (unpaired) electrons. The van der Waals surface area contributed by atoms with E-state index in [-0.39, 0.29) is 5.56 Å². The molecule has 1 aromatic heterocycles. The van der Waals surface area contributed by atoms with Gasteiger partial charge in [-0.2, -0.15) is 0 Å². The zero-order valence-electron chi connectivity index (χ0n) is 7.93. The first-order valence-electron chi connectivity index (χ1n) is 4.60. The number of pyridine rings is 1. The quantitative estimate of drug-likeness (QED) is 0.737. The van der Waals surface area contributed by atoms with Crippen molar-refractivity contribution in [2.75, 3.05) is 0 Å². The Balaban J connectivity index is 2.37. The maximum Gasteiger partial charge on any atom is 0.163 e. The lowest BCUT2D eigenvalue weighted by Crippen LogP contribution is -2.02. The molecule has 0 saturated heterocycles. The second-order valence-corrected chi connectivity index (χ2v) is 3.16. The Kier molecular flexibility index (Phi) is 2.74. The third-order valence-corrected chi connectivity index (χ3v) is 2.14. The van der Waals surface area contributed by atoms with Crippen LogP contribution in [0.15, 0.2) is 48.7 Å². The molecule has 0 amide bonds. The Bertz CT molecular complexity index is 444. The molecule has 1 unspecified atom stereocenters. The van der Waals surface area contributed by atoms with Gasteiger partial charge in [-0.15, -0.1) is 0 Å². The number of aromatic nitrogens is 1. The van der Waals surface area contributed by atoms with Gasteiger partial charge in [0, 0.05) is 11.8 Å². The summed E-state index contributed by atoms with van der Waals surface area (Å²) >= 11 is 0. The number of nitrogens with zero attached hydrogens (tertiary/aromatic N) is 1. The highest BCUT2D eigenvalue weighted by Crippen LogP contribution is 2.22. The van der Waals surface area contributed by atoms with E-state index in [2.05, 4.69) is 4.98 Å². The van der Waals surface area contributed by atoms with Gasteiger partial charge >= 0.3 is 0 Å². The molecule has 1 heterocycles. The molecule has 0 spiro atoms. The zero-order valence-corrected chi connectivity index (χ0v) is 7.93. The third kappa shape index (κ3) is 2.02. The van der Waals surface area contributed by atoms with Crippen molar-refractivity contribution in [2.45, 2.75) is 6.10 Å². The Morgan fingerprint density at radius 3 is 2.47 bits per heavy atom. The van der Waals surface area contributed by atoms with Gasteiger partial charge in [0.1, 0.15) is 5.82 Å². The molecule has 75 valence electrons. The smallest absolute Gasteiger partial charge is 0.163 e. The molecule has 1 aromatic carbocycles. The number of hydrogen-bond donors (Lipinski definition) is 0. The summed E-state index contributed by atoms with van der Waals surface area (Å²) in [5.41, 5.74) is 0.471. The van der Waals surface area contributed by atoms with Gasteiger partial charge in [-0.25, -0.2) is 9.50 Å². The predicted octanol–water partition coefficient (Wildman–Crippen LogP) is 2.74. The monoisotopic (exact) mass is 202 g/mol. The molecule has 0 aliphatic heterocycles. The lowest BCUT2D eigenvalue weighted by atomic mass is 10.1. The van der Waals surface area contributed by atoms with Gasteiger partial charge in [-0.1, -0.05) is 24.3 Å². The molecule has 1 atom stereocenters. The van der Waals surface area contributed by atoms with Crippen LogP contribution in [-0.2, 0) is 5.11 Å². The summed E-state index contributed by atoms with van der Waals surface area (Å²) in [7, 11) is 0. The maximum absolute atomic E-state index is 13.3. The van der Waals surface area contributed by atoms with Crippen LogP contribution in [0.5, 0.6) is 0 Å². The van der Waals surface area contributed by atoms with Crippen molar-refractivity contribution in [3.05, 3.63) is 65.7 Å². The Morgan fingerprint density at radius 1 is 1.07 bits per heavy atom. The molecule has 3 heteroatoms. The number of halogens is 1. The van der Waals surface area contributed by atoms with E-state index in [1.165, 1.54) is 18.3 Å². The van der Waals surface area contributed by atoms with Gasteiger partial charge in [-0.3, -0.25) is 4.98 Å². The first-order valence-corrected chi connectivity index (χ1v) is 4.60. The standard InChI is InChI=1S/C12H9FNO/c13-10-6-2-1-5-9(10)12(15)11-7-3-4-8-14-11/h1-8,12H. The highest BCUT2D eigenvalue weighted by Gasteiger charge is 2.16. The average Bonchev–Trinajstić information content (AvgIpc) is 2.30. The van der Waals surface area contributed by atoms with Crippen molar-refractivity contribution < 1.29 is 9.50 Å². The molecular formula is C12H9FNO. The molecule has 2 aromatic rings. The Morgan fingerprint density at radius 2 is 1.80 bits per heavy atom.